The highest BCUT2D eigenvalue weighted by atomic mass is 35.5. The van der Waals surface area contributed by atoms with E-state index in [1.165, 1.54) is 12.1 Å². The molecule has 0 unspecified atom stereocenters. The second-order valence-electron chi connectivity index (χ2n) is 8.14. The van der Waals surface area contributed by atoms with Crippen LogP contribution in [0.3, 0.4) is 0 Å². The third-order valence-electron chi connectivity index (χ3n) is 5.63. The lowest BCUT2D eigenvalue weighted by atomic mass is 9.99. The zero-order valence-corrected chi connectivity index (χ0v) is 21.5. The van der Waals surface area contributed by atoms with Gasteiger partial charge in [0.2, 0.25) is 15.9 Å². The Bertz CT molecular complexity index is 1380. The van der Waals surface area contributed by atoms with Crippen molar-refractivity contribution < 1.29 is 13.2 Å². The summed E-state index contributed by atoms with van der Waals surface area (Å²) < 4.78 is 28.2. The van der Waals surface area contributed by atoms with Crippen LogP contribution in [0.1, 0.15) is 22.7 Å². The highest BCUT2D eigenvalue weighted by molar-refractivity contribution is 7.89. The second-order valence-corrected chi connectivity index (χ2v) is 10.9. The topological polar surface area (TPSA) is 66.5 Å². The largest absolute Gasteiger partial charge is 0.344 e. The summed E-state index contributed by atoms with van der Waals surface area (Å²) in [5, 5.41) is 3.77. The molecule has 0 atom stereocenters. The van der Waals surface area contributed by atoms with Gasteiger partial charge >= 0.3 is 0 Å². The predicted molar refractivity (Wildman–Crippen MR) is 143 cm³/mol. The maximum absolute atomic E-state index is 13.6. The molecule has 1 N–H and O–H groups in total. The lowest BCUT2D eigenvalue weighted by Gasteiger charge is -2.25. The van der Waals surface area contributed by atoms with Crippen LogP contribution < -0.4 is 5.32 Å². The van der Waals surface area contributed by atoms with Gasteiger partial charge in [-0.15, -0.1) is 0 Å². The van der Waals surface area contributed by atoms with Crippen LogP contribution in [0.25, 0.3) is 0 Å². The van der Waals surface area contributed by atoms with Crippen LogP contribution in [0.2, 0.25) is 10.0 Å². The minimum absolute atomic E-state index is 0.0885. The lowest BCUT2D eigenvalue weighted by molar-refractivity contribution is -0.121. The van der Waals surface area contributed by atoms with E-state index in [1.807, 2.05) is 60.7 Å². The average Bonchev–Trinajstić information content (AvgIpc) is 2.90. The van der Waals surface area contributed by atoms with Gasteiger partial charge in [-0.1, -0.05) is 108 Å². The molecule has 4 aromatic rings. The van der Waals surface area contributed by atoms with Crippen LogP contribution in [0.4, 0.5) is 0 Å². The van der Waals surface area contributed by atoms with Gasteiger partial charge in [0.15, 0.2) is 0 Å². The van der Waals surface area contributed by atoms with Crippen LogP contribution >= 0.6 is 23.2 Å². The molecular formula is C28H24Cl2N2O3S. The predicted octanol–water partition coefficient (Wildman–Crippen LogP) is 6.09. The van der Waals surface area contributed by atoms with Crippen LogP contribution in [0.15, 0.2) is 114 Å². The van der Waals surface area contributed by atoms with Gasteiger partial charge < -0.3 is 5.32 Å². The summed E-state index contributed by atoms with van der Waals surface area (Å²) in [6.45, 7) is -0.492. The molecule has 36 heavy (non-hydrogen) atoms. The Morgan fingerprint density at radius 1 is 0.778 bits per heavy atom. The van der Waals surface area contributed by atoms with Crippen LogP contribution in [-0.4, -0.2) is 25.2 Å². The summed E-state index contributed by atoms with van der Waals surface area (Å²) in [6, 6.07) is 31.5. The summed E-state index contributed by atoms with van der Waals surface area (Å²) in [5.41, 5.74) is 2.31. The fourth-order valence-electron chi connectivity index (χ4n) is 3.82. The molecule has 0 radical (unpaired) electrons. The van der Waals surface area contributed by atoms with E-state index in [-0.39, 0.29) is 11.4 Å². The number of nitrogens with one attached hydrogen (secondary N) is 1. The van der Waals surface area contributed by atoms with E-state index >= 15 is 0 Å². The normalized spacial score (nSPS) is 11.6. The number of carbonyl (C=O) groups is 1. The summed E-state index contributed by atoms with van der Waals surface area (Å²) in [5.74, 6) is -0.447. The number of hydrogen-bond donors (Lipinski definition) is 1. The Balaban J connectivity index is 1.65. The molecule has 0 saturated carbocycles. The third-order valence-corrected chi connectivity index (χ3v) is 8.03. The minimum atomic E-state index is -4.01. The standard InChI is InChI=1S/C28H24Cl2N2O3S/c29-24-17-16-23(26(30)18-24)19-32(36(34,35)25-14-8-3-9-15-25)20-27(33)31-28(21-10-4-1-5-11-21)22-12-6-2-7-13-22/h1-18,28H,19-20H2,(H,31,33). The smallest absolute Gasteiger partial charge is 0.243 e. The molecule has 5 nitrogen and oxygen atoms in total. The highest BCUT2D eigenvalue weighted by Gasteiger charge is 2.28. The monoisotopic (exact) mass is 538 g/mol. The highest BCUT2D eigenvalue weighted by Crippen LogP contribution is 2.26. The van der Waals surface area contributed by atoms with E-state index in [4.69, 9.17) is 23.2 Å². The number of benzene rings is 4. The molecule has 0 aliphatic rings. The van der Waals surface area contributed by atoms with Crippen molar-refractivity contribution in [1.29, 1.82) is 0 Å². The van der Waals surface area contributed by atoms with Crippen molar-refractivity contribution in [3.05, 3.63) is 136 Å². The van der Waals surface area contributed by atoms with Gasteiger partial charge in [0.25, 0.3) is 0 Å². The summed E-state index contributed by atoms with van der Waals surface area (Å²) >= 11 is 12.4. The number of amides is 1. The summed E-state index contributed by atoms with van der Waals surface area (Å²) in [6.07, 6.45) is 0. The van der Waals surface area contributed by atoms with Gasteiger partial charge in [-0.2, -0.15) is 4.31 Å². The summed E-state index contributed by atoms with van der Waals surface area (Å²) in [4.78, 5) is 13.4. The van der Waals surface area contributed by atoms with E-state index in [9.17, 15) is 13.2 Å². The van der Waals surface area contributed by atoms with Gasteiger partial charge in [-0.25, -0.2) is 8.42 Å². The Labute approximate surface area is 221 Å². The first-order valence-electron chi connectivity index (χ1n) is 11.2. The van der Waals surface area contributed by atoms with Crippen molar-refractivity contribution in [1.82, 2.24) is 9.62 Å². The number of hydrogen-bond acceptors (Lipinski definition) is 3. The zero-order chi connectivity index (χ0) is 25.5. The number of nitrogens with zero attached hydrogens (tertiary/aromatic N) is 1. The minimum Gasteiger partial charge on any atom is -0.344 e. The first-order chi connectivity index (χ1) is 17.3. The molecular weight excluding hydrogens is 515 g/mol. The Morgan fingerprint density at radius 3 is 1.83 bits per heavy atom. The van der Waals surface area contributed by atoms with E-state index < -0.39 is 28.5 Å². The van der Waals surface area contributed by atoms with Crippen LogP contribution in [-0.2, 0) is 21.4 Å². The van der Waals surface area contributed by atoms with Crippen molar-refractivity contribution in [3.63, 3.8) is 0 Å². The zero-order valence-electron chi connectivity index (χ0n) is 19.2. The third kappa shape index (κ3) is 6.33. The Morgan fingerprint density at radius 2 is 1.31 bits per heavy atom. The van der Waals surface area contributed by atoms with Crippen molar-refractivity contribution in [2.75, 3.05) is 6.54 Å². The molecule has 4 rings (SSSR count). The molecule has 0 fully saturated rings. The molecule has 0 spiro atoms. The average molecular weight is 539 g/mol. The molecule has 8 heteroatoms. The quantitative estimate of drug-likeness (QED) is 0.280. The second kappa shape index (κ2) is 11.7. The molecule has 0 aliphatic carbocycles. The van der Waals surface area contributed by atoms with E-state index in [1.54, 1.807) is 36.4 Å². The van der Waals surface area contributed by atoms with Crippen molar-refractivity contribution in [2.45, 2.75) is 17.5 Å². The molecule has 1 amide bonds. The molecule has 0 heterocycles. The molecule has 0 aliphatic heterocycles. The van der Waals surface area contributed by atoms with Crippen molar-refractivity contribution in [2.24, 2.45) is 0 Å². The van der Waals surface area contributed by atoms with Gasteiger partial charge in [0.1, 0.15) is 0 Å². The van der Waals surface area contributed by atoms with E-state index in [0.29, 0.717) is 15.6 Å². The van der Waals surface area contributed by atoms with Gasteiger partial charge in [0.05, 0.1) is 17.5 Å². The van der Waals surface area contributed by atoms with Crippen molar-refractivity contribution in [3.8, 4) is 0 Å². The van der Waals surface area contributed by atoms with Gasteiger partial charge in [0, 0.05) is 16.6 Å². The maximum Gasteiger partial charge on any atom is 0.243 e. The van der Waals surface area contributed by atoms with Crippen LogP contribution in [0, 0.1) is 0 Å². The summed E-state index contributed by atoms with van der Waals surface area (Å²) in [7, 11) is -4.01. The number of halogens is 2. The number of rotatable bonds is 9. The van der Waals surface area contributed by atoms with Crippen molar-refractivity contribution >= 4 is 39.1 Å². The van der Waals surface area contributed by atoms with Crippen LogP contribution in [0.5, 0.6) is 0 Å². The van der Waals surface area contributed by atoms with E-state index in [2.05, 4.69) is 5.32 Å². The Hall–Kier alpha value is -3.16. The van der Waals surface area contributed by atoms with Gasteiger partial charge in [-0.05, 0) is 41.0 Å². The SMILES string of the molecule is O=C(CN(Cc1ccc(Cl)cc1Cl)S(=O)(=O)c1ccccc1)NC(c1ccccc1)c1ccccc1. The molecule has 4 aromatic carbocycles. The first-order valence-corrected chi connectivity index (χ1v) is 13.4. The van der Waals surface area contributed by atoms with Gasteiger partial charge in [-0.3, -0.25) is 4.79 Å². The fraction of sp³-hybridized carbons (Fsp3) is 0.107. The number of carbonyl (C=O) groups excluding carboxylic acids is 1. The lowest BCUT2D eigenvalue weighted by Crippen LogP contribution is -2.41. The van der Waals surface area contributed by atoms with E-state index in [0.717, 1.165) is 15.4 Å². The number of sulfonamides is 1. The fourth-order valence-corrected chi connectivity index (χ4v) is 5.69. The molecule has 0 aromatic heterocycles. The molecule has 0 saturated heterocycles. The molecule has 184 valence electrons. The maximum atomic E-state index is 13.6. The molecule has 0 bridgehead atoms. The first kappa shape index (κ1) is 25.9. The Kier molecular flexibility index (Phi) is 8.44.